The maximum absolute atomic E-state index is 11.2. The first-order valence-corrected chi connectivity index (χ1v) is 13.2. The monoisotopic (exact) mass is 464 g/mol. The Morgan fingerprint density at radius 1 is 0.727 bits per heavy atom. The molecular formula is C28H50NO4+. The number of benzene rings is 1. The first-order valence-electron chi connectivity index (χ1n) is 13.2. The smallest absolute Gasteiger partial charge is 0.306 e. The van der Waals surface area contributed by atoms with Crippen LogP contribution < -0.4 is 0 Å². The Morgan fingerprint density at radius 3 is 1.58 bits per heavy atom. The summed E-state index contributed by atoms with van der Waals surface area (Å²) in [6.45, 7) is 15.3. The van der Waals surface area contributed by atoms with Crippen LogP contribution in [0.1, 0.15) is 104 Å². The second-order valence-corrected chi connectivity index (χ2v) is 9.04. The summed E-state index contributed by atoms with van der Waals surface area (Å²) < 4.78 is 6.40. The number of hydrogen-bond acceptors (Lipinski definition) is 3. The second-order valence-electron chi connectivity index (χ2n) is 9.04. The number of nitrogens with zero attached hydrogens (tertiary/aromatic N) is 1. The molecule has 0 fully saturated rings. The average Bonchev–Trinajstić information content (AvgIpc) is 2.82. The van der Waals surface area contributed by atoms with Crippen molar-refractivity contribution in [2.45, 2.75) is 105 Å². The van der Waals surface area contributed by atoms with Crippen LogP contribution in [0.25, 0.3) is 0 Å². The number of quaternary nitrogens is 1. The molecule has 1 N–H and O–H groups in total. The third-order valence-corrected chi connectivity index (χ3v) is 5.96. The van der Waals surface area contributed by atoms with Gasteiger partial charge in [0.2, 0.25) is 0 Å². The lowest BCUT2D eigenvalue weighted by Gasteiger charge is -2.39. The molecule has 0 atom stereocenters. The highest BCUT2D eigenvalue weighted by Gasteiger charge is 2.24. The summed E-state index contributed by atoms with van der Waals surface area (Å²) in [4.78, 5) is 21.4. The molecule has 5 nitrogen and oxygen atoms in total. The van der Waals surface area contributed by atoms with E-state index in [9.17, 15) is 9.59 Å². The standard InChI is InChI=1S/C16H36N.C12H14O4/c1-5-9-13-17(14-10-6-2,15-11-7-3)16-12-8-4;13-11(14)7-4-8-12(15)16-9-10-5-2-1-3-6-10/h5-16H2,1-4H3;1-3,5-6H,4,7-9H2,(H,13,14)/q+1;. The number of unbranched alkanes of at least 4 members (excludes halogenated alkanes) is 4. The van der Waals surface area contributed by atoms with Gasteiger partial charge < -0.3 is 14.3 Å². The Kier molecular flexibility index (Phi) is 19.5. The molecule has 1 aromatic carbocycles. The lowest BCUT2D eigenvalue weighted by atomic mass is 10.1. The number of hydrogen-bond donors (Lipinski definition) is 1. The number of ether oxygens (including phenoxy) is 1. The summed E-state index contributed by atoms with van der Waals surface area (Å²) in [6, 6.07) is 9.36. The van der Waals surface area contributed by atoms with E-state index in [4.69, 9.17) is 9.84 Å². The van der Waals surface area contributed by atoms with Gasteiger partial charge in [0.1, 0.15) is 6.61 Å². The van der Waals surface area contributed by atoms with Gasteiger partial charge in [0.15, 0.2) is 0 Å². The van der Waals surface area contributed by atoms with E-state index in [1.54, 1.807) is 0 Å². The zero-order chi connectivity index (χ0) is 24.8. The van der Waals surface area contributed by atoms with Gasteiger partial charge in [0.25, 0.3) is 0 Å². The Bertz CT molecular complexity index is 566. The summed E-state index contributed by atoms with van der Waals surface area (Å²) >= 11 is 0. The van der Waals surface area contributed by atoms with E-state index in [0.29, 0.717) is 6.42 Å². The van der Waals surface area contributed by atoms with Gasteiger partial charge in [0, 0.05) is 12.8 Å². The molecule has 1 aromatic rings. The van der Waals surface area contributed by atoms with Crippen molar-refractivity contribution in [3.8, 4) is 0 Å². The molecule has 5 heteroatoms. The molecule has 190 valence electrons. The highest BCUT2D eigenvalue weighted by atomic mass is 16.5. The summed E-state index contributed by atoms with van der Waals surface area (Å²) in [5, 5.41) is 8.38. The molecule has 0 aliphatic rings. The number of carboxylic acids is 1. The molecule has 0 amide bonds. The number of esters is 1. The first-order chi connectivity index (χ1) is 15.9. The van der Waals surface area contributed by atoms with Gasteiger partial charge in [-0.1, -0.05) is 83.7 Å². The van der Waals surface area contributed by atoms with Crippen LogP contribution in [0, 0.1) is 0 Å². The Labute approximate surface area is 203 Å². The van der Waals surface area contributed by atoms with Gasteiger partial charge in [0.05, 0.1) is 26.2 Å². The normalized spacial score (nSPS) is 10.9. The Balaban J connectivity index is 0.000000621. The Morgan fingerprint density at radius 2 is 1.18 bits per heavy atom. The highest BCUT2D eigenvalue weighted by Crippen LogP contribution is 2.16. The van der Waals surface area contributed by atoms with E-state index in [1.807, 2.05) is 30.3 Å². The van der Waals surface area contributed by atoms with Gasteiger partial charge in [-0.3, -0.25) is 9.59 Å². The topological polar surface area (TPSA) is 63.6 Å². The summed E-state index contributed by atoms with van der Waals surface area (Å²) in [7, 11) is 0. The third kappa shape index (κ3) is 17.3. The van der Waals surface area contributed by atoms with Crippen molar-refractivity contribution in [2.75, 3.05) is 26.2 Å². The van der Waals surface area contributed by atoms with Crippen molar-refractivity contribution in [1.29, 1.82) is 0 Å². The molecule has 0 heterocycles. The van der Waals surface area contributed by atoms with Crippen LogP contribution in [0.5, 0.6) is 0 Å². The average molecular weight is 465 g/mol. The summed E-state index contributed by atoms with van der Waals surface area (Å²) in [5.41, 5.74) is 0.925. The lowest BCUT2D eigenvalue weighted by Crippen LogP contribution is -2.50. The molecule has 0 aromatic heterocycles. The van der Waals surface area contributed by atoms with Crippen LogP contribution in [0.3, 0.4) is 0 Å². The van der Waals surface area contributed by atoms with Gasteiger partial charge >= 0.3 is 11.9 Å². The second kappa shape index (κ2) is 20.7. The molecule has 0 aliphatic heterocycles. The van der Waals surface area contributed by atoms with Crippen molar-refractivity contribution in [1.82, 2.24) is 0 Å². The van der Waals surface area contributed by atoms with Crippen molar-refractivity contribution < 1.29 is 23.9 Å². The minimum absolute atomic E-state index is 0.000434. The number of aliphatic carboxylic acids is 1. The van der Waals surface area contributed by atoms with E-state index in [2.05, 4.69) is 27.7 Å². The molecule has 0 unspecified atom stereocenters. The highest BCUT2D eigenvalue weighted by molar-refractivity contribution is 5.71. The van der Waals surface area contributed by atoms with Gasteiger partial charge in [-0.25, -0.2) is 0 Å². The number of carbonyl (C=O) groups excluding carboxylic acids is 1. The maximum Gasteiger partial charge on any atom is 0.306 e. The van der Waals surface area contributed by atoms with E-state index in [-0.39, 0.29) is 25.4 Å². The van der Waals surface area contributed by atoms with Gasteiger partial charge in [-0.2, -0.15) is 0 Å². The zero-order valence-electron chi connectivity index (χ0n) is 21.8. The fourth-order valence-corrected chi connectivity index (χ4v) is 3.84. The van der Waals surface area contributed by atoms with Crippen LogP contribution in [-0.4, -0.2) is 47.7 Å². The molecule has 0 saturated heterocycles. The van der Waals surface area contributed by atoms with Crippen LogP contribution in [0.2, 0.25) is 0 Å². The van der Waals surface area contributed by atoms with Crippen LogP contribution in [-0.2, 0) is 20.9 Å². The van der Waals surface area contributed by atoms with Crippen LogP contribution in [0.4, 0.5) is 0 Å². The van der Waals surface area contributed by atoms with E-state index < -0.39 is 5.97 Å². The van der Waals surface area contributed by atoms with Crippen molar-refractivity contribution >= 4 is 11.9 Å². The van der Waals surface area contributed by atoms with Crippen molar-refractivity contribution in [3.05, 3.63) is 35.9 Å². The van der Waals surface area contributed by atoms with Crippen molar-refractivity contribution in [3.63, 3.8) is 0 Å². The number of rotatable bonds is 18. The predicted octanol–water partition coefficient (Wildman–Crippen LogP) is 6.99. The van der Waals surface area contributed by atoms with Gasteiger partial charge in [-0.05, 0) is 37.7 Å². The van der Waals surface area contributed by atoms with E-state index in [0.717, 1.165) is 5.56 Å². The van der Waals surface area contributed by atoms with E-state index in [1.165, 1.54) is 82.0 Å². The Hall–Kier alpha value is -1.88. The molecule has 0 radical (unpaired) electrons. The first kappa shape index (κ1) is 31.1. The van der Waals surface area contributed by atoms with Gasteiger partial charge in [-0.15, -0.1) is 0 Å². The maximum atomic E-state index is 11.2. The lowest BCUT2D eigenvalue weighted by molar-refractivity contribution is -0.929. The SMILES string of the molecule is CCCC[N+](CCCC)(CCCC)CCCC.O=C(O)CCCC(=O)OCc1ccccc1. The predicted molar refractivity (Wildman–Crippen MR) is 137 cm³/mol. The van der Waals surface area contributed by atoms with Crippen LogP contribution in [0.15, 0.2) is 30.3 Å². The molecule has 0 saturated carbocycles. The molecule has 33 heavy (non-hydrogen) atoms. The zero-order valence-corrected chi connectivity index (χ0v) is 21.8. The summed E-state index contributed by atoms with van der Waals surface area (Å²) in [6.07, 6.45) is 11.5. The largest absolute Gasteiger partial charge is 0.481 e. The fraction of sp³-hybridized carbons (Fsp3) is 0.714. The minimum Gasteiger partial charge on any atom is -0.481 e. The molecule has 0 bridgehead atoms. The minimum atomic E-state index is -0.893. The van der Waals surface area contributed by atoms with Crippen molar-refractivity contribution in [2.24, 2.45) is 0 Å². The number of carbonyl (C=O) groups is 2. The van der Waals surface area contributed by atoms with Crippen LogP contribution >= 0.6 is 0 Å². The molecule has 1 rings (SSSR count). The quantitative estimate of drug-likeness (QED) is 0.188. The van der Waals surface area contributed by atoms with E-state index >= 15 is 0 Å². The fourth-order valence-electron chi connectivity index (χ4n) is 3.84. The number of carboxylic acid groups (broad SMARTS) is 1. The molecule has 0 aliphatic carbocycles. The third-order valence-electron chi connectivity index (χ3n) is 5.96. The molecular weight excluding hydrogens is 414 g/mol. The summed E-state index contributed by atoms with van der Waals surface area (Å²) in [5.74, 6) is -1.25. The molecule has 0 spiro atoms.